The van der Waals surface area contributed by atoms with Gasteiger partial charge in [-0.2, -0.15) is 0 Å². The van der Waals surface area contributed by atoms with Crippen LogP contribution < -0.4 is 4.74 Å². The molecule has 2 N–H and O–H groups in total. The highest BCUT2D eigenvalue weighted by atomic mass is 35.5. The van der Waals surface area contributed by atoms with Crippen LogP contribution in [0.25, 0.3) is 17.0 Å². The lowest BCUT2D eigenvalue weighted by Crippen LogP contribution is -2.33. The Hall–Kier alpha value is -4.29. The molecule has 2 heterocycles. The quantitative estimate of drug-likeness (QED) is 0.281. The molecule has 186 valence electrons. The highest BCUT2D eigenvalue weighted by molar-refractivity contribution is 6.31. The van der Waals surface area contributed by atoms with Crippen molar-refractivity contribution in [3.05, 3.63) is 118 Å². The third-order valence-electron chi connectivity index (χ3n) is 6.59. The maximum Gasteiger partial charge on any atom is 0.290 e. The lowest BCUT2D eigenvalue weighted by Gasteiger charge is -2.27. The first-order chi connectivity index (χ1) is 18.0. The van der Waals surface area contributed by atoms with Crippen molar-refractivity contribution in [2.24, 2.45) is 0 Å². The van der Waals surface area contributed by atoms with Gasteiger partial charge in [0.15, 0.2) is 11.5 Å². The Labute approximate surface area is 219 Å². The molecule has 1 atom stereocenters. The molecule has 0 unspecified atom stereocenters. The number of amides is 1. The van der Waals surface area contributed by atoms with Crippen molar-refractivity contribution >= 4 is 40.3 Å². The predicted octanol–water partition coefficient (Wildman–Crippen LogP) is 6.05. The fourth-order valence-electron chi connectivity index (χ4n) is 4.71. The molecule has 0 aliphatic carbocycles. The van der Waals surface area contributed by atoms with Crippen LogP contribution in [-0.4, -0.2) is 40.3 Å². The number of benzene rings is 3. The summed E-state index contributed by atoms with van der Waals surface area (Å²) >= 11 is 6.53. The van der Waals surface area contributed by atoms with E-state index in [0.717, 1.165) is 27.8 Å². The summed E-state index contributed by atoms with van der Waals surface area (Å²) in [6, 6.07) is 21.4. The Morgan fingerprint density at radius 1 is 1.11 bits per heavy atom. The van der Waals surface area contributed by atoms with Crippen molar-refractivity contribution in [3.63, 3.8) is 0 Å². The first-order valence-corrected chi connectivity index (χ1v) is 12.3. The van der Waals surface area contributed by atoms with Gasteiger partial charge in [0.1, 0.15) is 5.75 Å². The molecule has 5 rings (SSSR count). The molecule has 1 aliphatic heterocycles. The van der Waals surface area contributed by atoms with E-state index in [1.807, 2.05) is 54.7 Å². The number of methoxy groups -OCH3 is 1. The highest BCUT2D eigenvalue weighted by Gasteiger charge is 2.43. The molecule has 0 spiro atoms. The number of nitrogens with zero attached hydrogens (tertiary/aromatic N) is 1. The Morgan fingerprint density at radius 3 is 2.62 bits per heavy atom. The number of hydrogen-bond acceptors (Lipinski definition) is 4. The van der Waals surface area contributed by atoms with Crippen LogP contribution in [0.4, 0.5) is 0 Å². The number of aromatic nitrogens is 1. The van der Waals surface area contributed by atoms with E-state index in [1.165, 1.54) is 11.0 Å². The Kier molecular flexibility index (Phi) is 6.84. The van der Waals surface area contributed by atoms with Crippen molar-refractivity contribution in [1.82, 2.24) is 9.88 Å². The van der Waals surface area contributed by atoms with Crippen molar-refractivity contribution in [3.8, 4) is 5.75 Å². The van der Waals surface area contributed by atoms with Crippen LogP contribution in [0.15, 0.2) is 96.4 Å². The summed E-state index contributed by atoms with van der Waals surface area (Å²) in [7, 11) is 1.61. The minimum absolute atomic E-state index is 0.0193. The van der Waals surface area contributed by atoms with Gasteiger partial charge in [-0.3, -0.25) is 9.59 Å². The predicted molar refractivity (Wildman–Crippen MR) is 145 cm³/mol. The number of nitrogens with one attached hydrogen (secondary N) is 1. The number of H-pyrrole nitrogens is 1. The van der Waals surface area contributed by atoms with Crippen LogP contribution in [0.3, 0.4) is 0 Å². The number of ether oxygens (including phenoxy) is 1. The van der Waals surface area contributed by atoms with E-state index in [1.54, 1.807) is 37.5 Å². The number of carbonyl (C=O) groups is 2. The molecule has 3 aromatic carbocycles. The van der Waals surface area contributed by atoms with E-state index in [2.05, 4.69) is 4.98 Å². The molecule has 1 amide bonds. The second kappa shape index (κ2) is 10.4. The average Bonchev–Trinajstić information content (AvgIpc) is 3.44. The molecule has 37 heavy (non-hydrogen) atoms. The monoisotopic (exact) mass is 512 g/mol. The maximum atomic E-state index is 13.3. The summed E-state index contributed by atoms with van der Waals surface area (Å²) in [5.41, 5.74) is 3.38. The third-order valence-corrected chi connectivity index (χ3v) is 6.94. The van der Waals surface area contributed by atoms with Crippen molar-refractivity contribution in [2.45, 2.75) is 12.5 Å². The smallest absolute Gasteiger partial charge is 0.290 e. The van der Waals surface area contributed by atoms with Crippen LogP contribution >= 0.6 is 11.6 Å². The second-order valence-electron chi connectivity index (χ2n) is 8.77. The van der Waals surface area contributed by atoms with Gasteiger partial charge in [0, 0.05) is 28.7 Å². The summed E-state index contributed by atoms with van der Waals surface area (Å²) in [5, 5.41) is 12.3. The zero-order valence-corrected chi connectivity index (χ0v) is 20.9. The lowest BCUT2D eigenvalue weighted by molar-refractivity contribution is -0.129. The molecule has 4 aromatic rings. The van der Waals surface area contributed by atoms with E-state index in [0.29, 0.717) is 17.0 Å². The molecule has 7 heteroatoms. The van der Waals surface area contributed by atoms with E-state index in [4.69, 9.17) is 16.3 Å². The van der Waals surface area contributed by atoms with Gasteiger partial charge in [-0.25, -0.2) is 0 Å². The van der Waals surface area contributed by atoms with Crippen LogP contribution in [0.2, 0.25) is 5.02 Å². The fraction of sp³-hybridized carbons (Fsp3) is 0.133. The molecule has 1 aromatic heterocycles. The van der Waals surface area contributed by atoms with Crippen LogP contribution in [0, 0.1) is 0 Å². The maximum absolute atomic E-state index is 13.3. The average molecular weight is 513 g/mol. The number of aromatic amines is 1. The van der Waals surface area contributed by atoms with Crippen LogP contribution in [0.5, 0.6) is 5.75 Å². The minimum Gasteiger partial charge on any atom is -0.503 e. The van der Waals surface area contributed by atoms with E-state index < -0.39 is 23.5 Å². The molecular weight excluding hydrogens is 488 g/mol. The summed E-state index contributed by atoms with van der Waals surface area (Å²) in [6.45, 7) is 0.266. The van der Waals surface area contributed by atoms with E-state index in [9.17, 15) is 14.7 Å². The number of aliphatic hydroxyl groups is 1. The molecule has 0 fully saturated rings. The third kappa shape index (κ3) is 4.76. The number of fused-ring (bicyclic) bond motifs is 1. The van der Waals surface area contributed by atoms with Gasteiger partial charge in [-0.1, -0.05) is 66.2 Å². The first kappa shape index (κ1) is 24.4. The minimum atomic E-state index is -0.811. The molecule has 6 nitrogen and oxygen atoms in total. The highest BCUT2D eigenvalue weighted by Crippen LogP contribution is 2.41. The number of ketones is 1. The topological polar surface area (TPSA) is 82.6 Å². The zero-order chi connectivity index (χ0) is 25.9. The van der Waals surface area contributed by atoms with Gasteiger partial charge in [0.2, 0.25) is 0 Å². The van der Waals surface area contributed by atoms with Crippen LogP contribution in [-0.2, 0) is 16.0 Å². The summed E-state index contributed by atoms with van der Waals surface area (Å²) in [5.74, 6) is -0.858. The molecule has 0 saturated carbocycles. The SMILES string of the molecule is COc1ccc2[nH]cc(CCN3C(=O)C(O)=C(C(=O)/C=C/c4ccccc4)[C@@H]3c3ccccc3Cl)c2c1. The Bertz CT molecular complexity index is 1540. The van der Waals surface area contributed by atoms with Gasteiger partial charge >= 0.3 is 0 Å². The number of hydrogen-bond donors (Lipinski definition) is 2. The Balaban J connectivity index is 1.48. The second-order valence-corrected chi connectivity index (χ2v) is 9.18. The van der Waals surface area contributed by atoms with Crippen LogP contribution in [0.1, 0.15) is 22.7 Å². The standard InChI is InChI=1S/C30H25ClN2O4/c1-37-21-12-13-25-23(17-21)20(18-32-25)15-16-33-28(22-9-5-6-10-24(22)31)27(29(35)30(33)36)26(34)14-11-19-7-3-2-4-8-19/h2-14,17-18,28,32,35H,15-16H2,1H3/b14-11+/t28-/m0/s1. The van der Waals surface area contributed by atoms with Gasteiger partial charge in [-0.15, -0.1) is 0 Å². The fourth-order valence-corrected chi connectivity index (χ4v) is 4.95. The van der Waals surface area contributed by atoms with E-state index in [-0.39, 0.29) is 12.1 Å². The number of carbonyl (C=O) groups excluding carboxylic acids is 2. The number of halogens is 1. The molecular formula is C30H25ClN2O4. The normalized spacial score (nSPS) is 15.8. The van der Waals surface area contributed by atoms with Gasteiger partial charge < -0.3 is 19.7 Å². The zero-order valence-electron chi connectivity index (χ0n) is 20.1. The molecule has 0 saturated heterocycles. The molecule has 0 bridgehead atoms. The number of aliphatic hydroxyl groups excluding tert-OH is 1. The summed E-state index contributed by atoms with van der Waals surface area (Å²) < 4.78 is 5.36. The van der Waals surface area contributed by atoms with Gasteiger partial charge in [0.05, 0.1) is 18.7 Å². The largest absolute Gasteiger partial charge is 0.503 e. The van der Waals surface area contributed by atoms with E-state index >= 15 is 0 Å². The van der Waals surface area contributed by atoms with Gasteiger partial charge in [0.25, 0.3) is 5.91 Å². The molecule has 1 aliphatic rings. The van der Waals surface area contributed by atoms with Gasteiger partial charge in [-0.05, 0) is 53.5 Å². The number of allylic oxidation sites excluding steroid dienone is 1. The van der Waals surface area contributed by atoms with Crippen molar-refractivity contribution in [2.75, 3.05) is 13.7 Å². The van der Waals surface area contributed by atoms with Crippen molar-refractivity contribution < 1.29 is 19.4 Å². The first-order valence-electron chi connectivity index (χ1n) is 11.9. The number of rotatable bonds is 8. The Morgan fingerprint density at radius 2 is 1.86 bits per heavy atom. The molecule has 0 radical (unpaired) electrons. The van der Waals surface area contributed by atoms with Crippen molar-refractivity contribution in [1.29, 1.82) is 0 Å². The summed E-state index contributed by atoms with van der Waals surface area (Å²) in [6.07, 6.45) is 5.44. The summed E-state index contributed by atoms with van der Waals surface area (Å²) in [4.78, 5) is 31.4. The lowest BCUT2D eigenvalue weighted by atomic mass is 9.95.